The summed E-state index contributed by atoms with van der Waals surface area (Å²) in [6.45, 7) is 2.22. The normalized spacial score (nSPS) is 17.1. The second-order valence-electron chi connectivity index (χ2n) is 7.94. The number of carbonyl (C=O) groups excluding carboxylic acids is 1. The van der Waals surface area contributed by atoms with Crippen molar-refractivity contribution in [2.45, 2.75) is 38.5 Å². The number of para-hydroxylation sites is 2. The smallest absolute Gasteiger partial charge is 0.237 e. The summed E-state index contributed by atoms with van der Waals surface area (Å²) in [4.78, 5) is 14.8. The first kappa shape index (κ1) is 18.9. The van der Waals surface area contributed by atoms with Gasteiger partial charge in [0.25, 0.3) is 0 Å². The quantitative estimate of drug-likeness (QED) is 0.571. The van der Waals surface area contributed by atoms with Crippen molar-refractivity contribution in [3.05, 3.63) is 75.7 Å². The fourth-order valence-corrected chi connectivity index (χ4v) is 5.90. The Labute approximate surface area is 180 Å². The lowest BCUT2D eigenvalue weighted by Crippen LogP contribution is -2.25. The fourth-order valence-electron chi connectivity index (χ4n) is 4.59. The Hall–Kier alpha value is -3.10. The third-order valence-electron chi connectivity index (χ3n) is 6.24. The highest BCUT2D eigenvalue weighted by atomic mass is 32.1. The number of nitrogens with one attached hydrogen (secondary N) is 1. The van der Waals surface area contributed by atoms with E-state index in [9.17, 15) is 10.1 Å². The van der Waals surface area contributed by atoms with Gasteiger partial charge in [0.2, 0.25) is 5.91 Å². The van der Waals surface area contributed by atoms with E-state index in [2.05, 4.69) is 18.3 Å². The van der Waals surface area contributed by atoms with Gasteiger partial charge in [0.05, 0.1) is 11.5 Å². The van der Waals surface area contributed by atoms with Gasteiger partial charge in [-0.1, -0.05) is 49.7 Å². The van der Waals surface area contributed by atoms with E-state index < -0.39 is 5.92 Å². The summed E-state index contributed by atoms with van der Waals surface area (Å²) in [5.74, 6) is 1.47. The van der Waals surface area contributed by atoms with Crippen molar-refractivity contribution in [2.24, 2.45) is 5.92 Å². The molecule has 1 amide bonds. The van der Waals surface area contributed by atoms with Crippen LogP contribution in [-0.4, -0.2) is 5.91 Å². The van der Waals surface area contributed by atoms with E-state index in [-0.39, 0.29) is 5.91 Å². The van der Waals surface area contributed by atoms with Crippen molar-refractivity contribution in [3.63, 3.8) is 0 Å². The van der Waals surface area contributed by atoms with Crippen LogP contribution < -0.4 is 10.1 Å². The second-order valence-corrected chi connectivity index (χ2v) is 9.04. The highest BCUT2D eigenvalue weighted by molar-refractivity contribution is 7.16. The molecule has 0 saturated carbocycles. The predicted octanol–water partition coefficient (Wildman–Crippen LogP) is 6.01. The molecule has 5 heteroatoms. The summed E-state index contributed by atoms with van der Waals surface area (Å²) >= 11 is 1.57. The lowest BCUT2D eigenvalue weighted by molar-refractivity contribution is -0.116. The number of fused-ring (bicyclic) bond motifs is 3. The van der Waals surface area contributed by atoms with Crippen LogP contribution in [0.3, 0.4) is 0 Å². The number of rotatable bonds is 3. The van der Waals surface area contributed by atoms with Crippen molar-refractivity contribution in [2.75, 3.05) is 5.32 Å². The summed E-state index contributed by atoms with van der Waals surface area (Å²) in [7, 11) is 0. The number of hydrogen-bond acceptors (Lipinski definition) is 4. The van der Waals surface area contributed by atoms with Gasteiger partial charge in [0, 0.05) is 16.0 Å². The minimum Gasteiger partial charge on any atom is -0.457 e. The molecule has 150 valence electrons. The molecule has 30 heavy (non-hydrogen) atoms. The van der Waals surface area contributed by atoms with Crippen LogP contribution in [0.15, 0.2) is 48.5 Å². The average molecular weight is 415 g/mol. The van der Waals surface area contributed by atoms with Crippen LogP contribution in [0, 0.1) is 17.2 Å². The number of hydrogen-bond donors (Lipinski definition) is 1. The number of thiophene rings is 1. The maximum absolute atomic E-state index is 13.5. The van der Waals surface area contributed by atoms with Crippen LogP contribution >= 0.6 is 11.3 Å². The molecule has 2 aliphatic rings. The molecule has 3 aromatic rings. The monoisotopic (exact) mass is 414 g/mol. The molecular formula is C25H22N2O2S. The van der Waals surface area contributed by atoms with Crippen molar-refractivity contribution < 1.29 is 9.53 Å². The van der Waals surface area contributed by atoms with Gasteiger partial charge < -0.3 is 10.1 Å². The first-order chi connectivity index (χ1) is 14.7. The van der Waals surface area contributed by atoms with E-state index in [4.69, 9.17) is 4.74 Å². The highest BCUT2D eigenvalue weighted by Crippen LogP contribution is 2.45. The Morgan fingerprint density at radius 3 is 2.47 bits per heavy atom. The van der Waals surface area contributed by atoms with Gasteiger partial charge in [-0.2, -0.15) is 5.26 Å². The van der Waals surface area contributed by atoms with Gasteiger partial charge in [-0.15, -0.1) is 11.3 Å². The molecule has 1 atom stereocenters. The molecular weight excluding hydrogens is 392 g/mol. The Morgan fingerprint density at radius 2 is 1.83 bits per heavy atom. The average Bonchev–Trinajstić information content (AvgIpc) is 3.13. The van der Waals surface area contributed by atoms with Crippen LogP contribution in [0.4, 0.5) is 5.00 Å². The third-order valence-corrected chi connectivity index (χ3v) is 7.41. The highest BCUT2D eigenvalue weighted by Gasteiger charge is 2.34. The van der Waals surface area contributed by atoms with E-state index >= 15 is 0 Å². The van der Waals surface area contributed by atoms with Crippen LogP contribution in [0.1, 0.15) is 52.8 Å². The zero-order valence-electron chi connectivity index (χ0n) is 16.8. The van der Waals surface area contributed by atoms with Crippen molar-refractivity contribution >= 4 is 22.2 Å². The molecule has 1 aliphatic carbocycles. The molecule has 4 nitrogen and oxygen atoms in total. The zero-order valence-corrected chi connectivity index (χ0v) is 17.6. The van der Waals surface area contributed by atoms with Crippen molar-refractivity contribution in [3.8, 4) is 17.6 Å². The summed E-state index contributed by atoms with van der Waals surface area (Å²) in [6.07, 6.45) is 4.19. The van der Waals surface area contributed by atoms with Crippen LogP contribution in [0.5, 0.6) is 11.5 Å². The number of ether oxygens (including phenoxy) is 1. The number of anilines is 1. The minimum atomic E-state index is -0.472. The van der Waals surface area contributed by atoms with Gasteiger partial charge >= 0.3 is 0 Å². The summed E-state index contributed by atoms with van der Waals surface area (Å²) in [5.41, 5.74) is 3.47. The Morgan fingerprint density at radius 1 is 1.17 bits per heavy atom. The van der Waals surface area contributed by atoms with Crippen LogP contribution in [0.2, 0.25) is 0 Å². The molecule has 5 rings (SSSR count). The van der Waals surface area contributed by atoms with Crippen LogP contribution in [0.25, 0.3) is 0 Å². The molecule has 1 aromatic heterocycles. The van der Waals surface area contributed by atoms with E-state index in [1.54, 1.807) is 11.3 Å². The Kier molecular flexibility index (Phi) is 4.80. The van der Waals surface area contributed by atoms with Crippen molar-refractivity contribution in [1.82, 2.24) is 0 Å². The van der Waals surface area contributed by atoms with Gasteiger partial charge in [-0.25, -0.2) is 0 Å². The zero-order chi connectivity index (χ0) is 20.7. The number of nitriles is 1. The molecule has 0 unspecified atom stereocenters. The SMILES string of the molecule is CC[C@H]1CCc2c(sc(NC(=O)C3c4ccccc4Oc4ccccc43)c2C#N)C1. The van der Waals surface area contributed by atoms with Crippen molar-refractivity contribution in [1.29, 1.82) is 5.26 Å². The van der Waals surface area contributed by atoms with Gasteiger partial charge in [-0.05, 0) is 42.9 Å². The van der Waals surface area contributed by atoms with Gasteiger partial charge in [0.1, 0.15) is 22.6 Å². The number of carbonyl (C=O) groups is 1. The molecule has 2 aromatic carbocycles. The molecule has 0 bridgehead atoms. The van der Waals surface area contributed by atoms with E-state index in [1.165, 1.54) is 4.88 Å². The lowest BCUT2D eigenvalue weighted by atomic mass is 9.85. The molecule has 0 fully saturated rings. The fraction of sp³-hybridized carbons (Fsp3) is 0.280. The van der Waals surface area contributed by atoms with Gasteiger partial charge in [-0.3, -0.25) is 4.79 Å². The number of benzene rings is 2. The van der Waals surface area contributed by atoms with Gasteiger partial charge in [0.15, 0.2) is 0 Å². The summed E-state index contributed by atoms with van der Waals surface area (Å²) in [6, 6.07) is 17.7. The first-order valence-electron chi connectivity index (χ1n) is 10.4. The Bertz CT molecular complexity index is 1130. The predicted molar refractivity (Wildman–Crippen MR) is 118 cm³/mol. The Balaban J connectivity index is 1.52. The summed E-state index contributed by atoms with van der Waals surface area (Å²) < 4.78 is 6.01. The first-order valence-corrected chi connectivity index (χ1v) is 11.2. The molecule has 0 saturated heterocycles. The second kappa shape index (κ2) is 7.62. The molecule has 1 N–H and O–H groups in total. The standard InChI is InChI=1S/C25H22N2O2S/c1-2-15-11-12-16-19(14-26)25(30-22(16)13-15)27-24(28)23-17-7-3-5-9-20(17)29-21-10-6-4-8-18(21)23/h3-10,15,23H,2,11-13H2,1H3,(H,27,28)/t15-/m0/s1. The molecule has 0 radical (unpaired) electrons. The van der Waals surface area contributed by atoms with E-state index in [1.807, 2.05) is 48.5 Å². The topological polar surface area (TPSA) is 62.1 Å². The minimum absolute atomic E-state index is 0.125. The summed E-state index contributed by atoms with van der Waals surface area (Å²) in [5, 5.41) is 13.6. The molecule has 2 heterocycles. The largest absolute Gasteiger partial charge is 0.457 e. The van der Waals surface area contributed by atoms with E-state index in [0.29, 0.717) is 28.0 Å². The maximum Gasteiger partial charge on any atom is 0.237 e. The third kappa shape index (κ3) is 3.09. The maximum atomic E-state index is 13.5. The molecule has 0 spiro atoms. The van der Waals surface area contributed by atoms with Crippen LogP contribution in [-0.2, 0) is 17.6 Å². The lowest BCUT2D eigenvalue weighted by Gasteiger charge is -2.27. The van der Waals surface area contributed by atoms with E-state index in [0.717, 1.165) is 42.4 Å². The molecule has 1 aliphatic heterocycles. The number of nitrogens with zero attached hydrogens (tertiary/aromatic N) is 1. The number of amides is 1.